The lowest BCUT2D eigenvalue weighted by molar-refractivity contribution is 0.147. The SMILES string of the molecule is CCCCCC=CCC=CCCCCCCCCCC(O)CCCCCCCCCC. The second kappa shape index (κ2) is 27.5. The van der Waals surface area contributed by atoms with E-state index in [-0.39, 0.29) is 6.10 Å². The molecule has 0 spiro atoms. The Morgan fingerprint density at radius 3 is 1.29 bits per heavy atom. The van der Waals surface area contributed by atoms with Gasteiger partial charge in [-0.15, -0.1) is 0 Å². The molecule has 0 bridgehead atoms. The van der Waals surface area contributed by atoms with E-state index in [1.807, 2.05) is 0 Å². The number of rotatable bonds is 25. The number of aliphatic hydroxyl groups excluding tert-OH is 1. The van der Waals surface area contributed by atoms with Crippen molar-refractivity contribution in [1.29, 1.82) is 0 Å². The maximum atomic E-state index is 10.1. The standard InChI is InChI=1S/C30H58O/c1-3-5-7-9-11-13-14-15-16-17-18-19-20-21-23-25-27-29-30(31)28-26-24-22-12-10-8-6-4-2/h11,13,15-16,30-31H,3-10,12,14,17-29H2,1-2H3. The second-order valence-corrected chi connectivity index (χ2v) is 9.64. The van der Waals surface area contributed by atoms with Crippen molar-refractivity contribution in [2.24, 2.45) is 0 Å². The Morgan fingerprint density at radius 2 is 0.806 bits per heavy atom. The van der Waals surface area contributed by atoms with Crippen LogP contribution in [0.1, 0.15) is 162 Å². The van der Waals surface area contributed by atoms with Crippen LogP contribution < -0.4 is 0 Å². The highest BCUT2D eigenvalue weighted by atomic mass is 16.3. The Morgan fingerprint density at radius 1 is 0.452 bits per heavy atom. The Kier molecular flexibility index (Phi) is 27.0. The molecule has 0 aliphatic carbocycles. The van der Waals surface area contributed by atoms with Gasteiger partial charge in [-0.2, -0.15) is 0 Å². The Balaban J connectivity index is 3.22. The summed E-state index contributed by atoms with van der Waals surface area (Å²) in [4.78, 5) is 0. The van der Waals surface area contributed by atoms with Gasteiger partial charge in [0.25, 0.3) is 0 Å². The zero-order valence-corrected chi connectivity index (χ0v) is 21.6. The number of hydrogen-bond acceptors (Lipinski definition) is 1. The summed E-state index contributed by atoms with van der Waals surface area (Å²) < 4.78 is 0. The Bertz CT molecular complexity index is 371. The zero-order chi connectivity index (χ0) is 22.7. The molecule has 1 nitrogen and oxygen atoms in total. The van der Waals surface area contributed by atoms with E-state index in [1.165, 1.54) is 128 Å². The van der Waals surface area contributed by atoms with Crippen LogP contribution in [0.2, 0.25) is 0 Å². The van der Waals surface area contributed by atoms with E-state index >= 15 is 0 Å². The van der Waals surface area contributed by atoms with Gasteiger partial charge in [0.1, 0.15) is 0 Å². The molecule has 0 radical (unpaired) electrons. The van der Waals surface area contributed by atoms with Crippen LogP contribution in [-0.2, 0) is 0 Å². The van der Waals surface area contributed by atoms with Gasteiger partial charge in [-0.3, -0.25) is 0 Å². The van der Waals surface area contributed by atoms with Crippen molar-refractivity contribution in [3.63, 3.8) is 0 Å². The predicted octanol–water partition coefficient (Wildman–Crippen LogP) is 10.5. The van der Waals surface area contributed by atoms with Gasteiger partial charge in [0.15, 0.2) is 0 Å². The third-order valence-electron chi connectivity index (χ3n) is 6.38. The average Bonchev–Trinajstić information content (AvgIpc) is 2.77. The molecule has 0 aliphatic heterocycles. The molecule has 0 aromatic heterocycles. The van der Waals surface area contributed by atoms with Crippen molar-refractivity contribution in [1.82, 2.24) is 0 Å². The van der Waals surface area contributed by atoms with Gasteiger partial charge < -0.3 is 5.11 Å². The Hall–Kier alpha value is -0.560. The second-order valence-electron chi connectivity index (χ2n) is 9.64. The summed E-state index contributed by atoms with van der Waals surface area (Å²) in [6.07, 6.45) is 39.2. The lowest BCUT2D eigenvalue weighted by Gasteiger charge is -2.10. The van der Waals surface area contributed by atoms with Crippen LogP contribution in [0, 0.1) is 0 Å². The highest BCUT2D eigenvalue weighted by molar-refractivity contribution is 4.92. The van der Waals surface area contributed by atoms with E-state index in [9.17, 15) is 5.11 Å². The first kappa shape index (κ1) is 30.4. The summed E-state index contributed by atoms with van der Waals surface area (Å²) in [6.45, 7) is 4.54. The molecule has 1 N–H and O–H groups in total. The van der Waals surface area contributed by atoms with Crippen molar-refractivity contribution < 1.29 is 5.11 Å². The van der Waals surface area contributed by atoms with Crippen molar-refractivity contribution in [3.8, 4) is 0 Å². The summed E-state index contributed by atoms with van der Waals surface area (Å²) in [5, 5.41) is 10.1. The van der Waals surface area contributed by atoms with Crippen LogP contribution in [0.3, 0.4) is 0 Å². The molecule has 0 amide bonds. The van der Waals surface area contributed by atoms with Crippen LogP contribution in [0.4, 0.5) is 0 Å². The highest BCUT2D eigenvalue weighted by Gasteiger charge is 2.03. The first-order valence-electron chi connectivity index (χ1n) is 14.3. The Labute approximate surface area is 197 Å². The van der Waals surface area contributed by atoms with Crippen LogP contribution >= 0.6 is 0 Å². The van der Waals surface area contributed by atoms with Gasteiger partial charge >= 0.3 is 0 Å². The monoisotopic (exact) mass is 434 g/mol. The van der Waals surface area contributed by atoms with Crippen molar-refractivity contribution in [3.05, 3.63) is 24.3 Å². The molecular formula is C30H58O. The molecule has 0 aliphatic rings. The predicted molar refractivity (Wildman–Crippen MR) is 142 cm³/mol. The maximum absolute atomic E-state index is 10.1. The maximum Gasteiger partial charge on any atom is 0.0540 e. The molecule has 0 aromatic carbocycles. The number of hydrogen-bond donors (Lipinski definition) is 1. The van der Waals surface area contributed by atoms with E-state index < -0.39 is 0 Å². The summed E-state index contributed by atoms with van der Waals surface area (Å²) in [6, 6.07) is 0. The minimum absolute atomic E-state index is 0.0435. The summed E-state index contributed by atoms with van der Waals surface area (Å²) in [5.74, 6) is 0. The van der Waals surface area contributed by atoms with Gasteiger partial charge in [-0.1, -0.05) is 141 Å². The first-order valence-corrected chi connectivity index (χ1v) is 14.3. The minimum atomic E-state index is -0.0435. The number of aliphatic hydroxyl groups is 1. The largest absolute Gasteiger partial charge is 0.393 e. The third-order valence-corrected chi connectivity index (χ3v) is 6.38. The molecule has 0 saturated heterocycles. The van der Waals surface area contributed by atoms with E-state index in [0.29, 0.717) is 0 Å². The van der Waals surface area contributed by atoms with E-state index in [2.05, 4.69) is 38.2 Å². The normalized spacial score (nSPS) is 13.0. The van der Waals surface area contributed by atoms with Crippen LogP contribution in [-0.4, -0.2) is 11.2 Å². The molecule has 1 heteroatoms. The molecule has 0 rings (SSSR count). The van der Waals surface area contributed by atoms with Gasteiger partial charge in [-0.05, 0) is 44.9 Å². The van der Waals surface area contributed by atoms with Gasteiger partial charge in [0.05, 0.1) is 6.10 Å². The molecule has 0 heterocycles. The van der Waals surface area contributed by atoms with Crippen LogP contribution in [0.5, 0.6) is 0 Å². The minimum Gasteiger partial charge on any atom is -0.393 e. The van der Waals surface area contributed by atoms with Crippen LogP contribution in [0.15, 0.2) is 24.3 Å². The molecular weight excluding hydrogens is 376 g/mol. The average molecular weight is 435 g/mol. The van der Waals surface area contributed by atoms with E-state index in [4.69, 9.17) is 0 Å². The van der Waals surface area contributed by atoms with Gasteiger partial charge in [-0.25, -0.2) is 0 Å². The van der Waals surface area contributed by atoms with Gasteiger partial charge in [0, 0.05) is 0 Å². The lowest BCUT2D eigenvalue weighted by atomic mass is 10.0. The molecule has 0 fully saturated rings. The quantitative estimate of drug-likeness (QED) is 0.112. The van der Waals surface area contributed by atoms with Gasteiger partial charge in [0.2, 0.25) is 0 Å². The summed E-state index contributed by atoms with van der Waals surface area (Å²) >= 11 is 0. The topological polar surface area (TPSA) is 20.2 Å². The number of allylic oxidation sites excluding steroid dienone is 4. The molecule has 1 atom stereocenters. The van der Waals surface area contributed by atoms with Crippen LogP contribution in [0.25, 0.3) is 0 Å². The van der Waals surface area contributed by atoms with E-state index in [0.717, 1.165) is 19.3 Å². The third kappa shape index (κ3) is 27.4. The zero-order valence-electron chi connectivity index (χ0n) is 21.6. The van der Waals surface area contributed by atoms with Crippen molar-refractivity contribution in [2.75, 3.05) is 0 Å². The van der Waals surface area contributed by atoms with Crippen molar-refractivity contribution in [2.45, 2.75) is 168 Å². The highest BCUT2D eigenvalue weighted by Crippen LogP contribution is 2.15. The fraction of sp³-hybridized carbons (Fsp3) is 0.867. The molecule has 0 saturated carbocycles. The smallest absolute Gasteiger partial charge is 0.0540 e. The van der Waals surface area contributed by atoms with E-state index in [1.54, 1.807) is 0 Å². The first-order chi connectivity index (χ1) is 15.3. The molecule has 31 heavy (non-hydrogen) atoms. The lowest BCUT2D eigenvalue weighted by Crippen LogP contribution is -2.05. The molecule has 1 unspecified atom stereocenters. The number of unbranched alkanes of at least 4 members (excludes halogenated alkanes) is 17. The fourth-order valence-corrected chi connectivity index (χ4v) is 4.20. The van der Waals surface area contributed by atoms with Crippen molar-refractivity contribution >= 4 is 0 Å². The fourth-order valence-electron chi connectivity index (χ4n) is 4.20. The summed E-state index contributed by atoms with van der Waals surface area (Å²) in [7, 11) is 0. The summed E-state index contributed by atoms with van der Waals surface area (Å²) in [5.41, 5.74) is 0. The molecule has 184 valence electrons. The molecule has 0 aromatic rings.